The molecular weight excluding hydrogens is 420 g/mol. The molecule has 1 aromatic heterocycles. The summed E-state index contributed by atoms with van der Waals surface area (Å²) in [5, 5.41) is 8.42. The average Bonchev–Trinajstić information content (AvgIpc) is 3.19. The monoisotopic (exact) mass is 433 g/mol. The van der Waals surface area contributed by atoms with Crippen LogP contribution in [0.2, 0.25) is 5.02 Å². The summed E-state index contributed by atoms with van der Waals surface area (Å²) in [5.74, 6) is -1.53. The Morgan fingerprint density at radius 2 is 1.93 bits per heavy atom. The predicted molar refractivity (Wildman–Crippen MR) is 107 cm³/mol. The van der Waals surface area contributed by atoms with Gasteiger partial charge in [-0.05, 0) is 24.3 Å². The van der Waals surface area contributed by atoms with Crippen molar-refractivity contribution in [1.82, 2.24) is 10.3 Å². The molecule has 1 saturated carbocycles. The Bertz CT molecular complexity index is 1110. The van der Waals surface area contributed by atoms with E-state index in [2.05, 4.69) is 15.6 Å². The Balaban J connectivity index is 1.26. The smallest absolute Gasteiger partial charge is 0.321 e. The van der Waals surface area contributed by atoms with Crippen molar-refractivity contribution in [2.24, 2.45) is 5.92 Å². The highest BCUT2D eigenvalue weighted by Gasteiger charge is 2.57. The van der Waals surface area contributed by atoms with Crippen molar-refractivity contribution in [3.8, 4) is 17.0 Å². The predicted octanol–water partition coefficient (Wildman–Crippen LogP) is 5.04. The molecule has 2 amide bonds. The molecule has 0 saturated heterocycles. The number of carbonyl (C=O) groups is 1. The van der Waals surface area contributed by atoms with Gasteiger partial charge in [0.25, 0.3) is 0 Å². The molecule has 0 spiro atoms. The number of thiazole rings is 1. The average molecular weight is 434 g/mol. The number of ether oxygens (including phenoxy) is 1. The van der Waals surface area contributed by atoms with Gasteiger partial charge in [-0.25, -0.2) is 18.6 Å². The third-order valence-corrected chi connectivity index (χ3v) is 6.19. The number of urea groups is 1. The molecular formula is C20H14ClF2N3O2S. The van der Waals surface area contributed by atoms with E-state index < -0.39 is 17.7 Å². The Kier molecular flexibility index (Phi) is 4.40. The van der Waals surface area contributed by atoms with E-state index in [0.717, 1.165) is 23.4 Å². The first-order chi connectivity index (χ1) is 14.0. The molecule has 1 fully saturated rings. The first-order valence-electron chi connectivity index (χ1n) is 8.91. The van der Waals surface area contributed by atoms with Gasteiger partial charge in [0.2, 0.25) is 0 Å². The maximum absolute atomic E-state index is 14.2. The summed E-state index contributed by atoms with van der Waals surface area (Å²) >= 11 is 7.19. The lowest BCUT2D eigenvalue weighted by molar-refractivity contribution is 0.247. The molecule has 3 atom stereocenters. The van der Waals surface area contributed by atoms with Crippen LogP contribution < -0.4 is 15.4 Å². The van der Waals surface area contributed by atoms with E-state index in [1.165, 1.54) is 11.3 Å². The molecule has 2 N–H and O–H groups in total. The highest BCUT2D eigenvalue weighted by Crippen LogP contribution is 2.55. The van der Waals surface area contributed by atoms with E-state index in [0.29, 0.717) is 10.2 Å². The van der Waals surface area contributed by atoms with Crippen molar-refractivity contribution in [1.29, 1.82) is 0 Å². The summed E-state index contributed by atoms with van der Waals surface area (Å²) in [6, 6.07) is 8.61. The molecule has 0 unspecified atom stereocenters. The van der Waals surface area contributed by atoms with Crippen molar-refractivity contribution in [2.45, 2.75) is 12.0 Å². The van der Waals surface area contributed by atoms with E-state index in [9.17, 15) is 13.6 Å². The first-order valence-corrected chi connectivity index (χ1v) is 10.2. The summed E-state index contributed by atoms with van der Waals surface area (Å²) in [6.45, 7) is 0.237. The molecule has 0 radical (unpaired) electrons. The molecule has 1 aliphatic heterocycles. The molecule has 29 heavy (non-hydrogen) atoms. The number of amides is 2. The Morgan fingerprint density at radius 3 is 2.72 bits per heavy atom. The second kappa shape index (κ2) is 6.96. The third kappa shape index (κ3) is 3.32. The fourth-order valence-electron chi connectivity index (χ4n) is 3.73. The number of nitrogens with one attached hydrogen (secondary N) is 2. The number of rotatable bonds is 3. The van der Waals surface area contributed by atoms with Gasteiger partial charge < -0.3 is 10.1 Å². The number of hydrogen-bond acceptors (Lipinski definition) is 4. The lowest BCUT2D eigenvalue weighted by atomic mass is 10.0. The van der Waals surface area contributed by atoms with E-state index in [1.54, 1.807) is 12.1 Å². The van der Waals surface area contributed by atoms with Crippen molar-refractivity contribution in [2.75, 3.05) is 11.9 Å². The number of halogens is 3. The summed E-state index contributed by atoms with van der Waals surface area (Å²) in [7, 11) is 0. The zero-order chi connectivity index (χ0) is 20.1. The Morgan fingerprint density at radius 1 is 1.17 bits per heavy atom. The van der Waals surface area contributed by atoms with Crippen LogP contribution in [-0.4, -0.2) is 23.7 Å². The van der Waals surface area contributed by atoms with E-state index in [4.69, 9.17) is 16.3 Å². The number of anilines is 1. The highest BCUT2D eigenvalue weighted by atomic mass is 35.5. The zero-order valence-electron chi connectivity index (χ0n) is 14.8. The molecule has 5 nitrogen and oxygen atoms in total. The third-order valence-electron chi connectivity index (χ3n) is 5.18. The SMILES string of the molecule is O=C(Nc1nc(-c2ccc(Cl)cc2)cs1)N[C@@H]1[C@H]2COc3c(F)ccc(F)c3[C@@H]21. The van der Waals surface area contributed by atoms with Crippen molar-refractivity contribution >= 4 is 34.1 Å². The normalized spacial score (nSPS) is 21.6. The van der Waals surface area contributed by atoms with Gasteiger partial charge in [-0.2, -0.15) is 0 Å². The first kappa shape index (κ1) is 18.3. The summed E-state index contributed by atoms with van der Waals surface area (Å²) in [5.41, 5.74) is 1.81. The van der Waals surface area contributed by atoms with Gasteiger partial charge in [0, 0.05) is 39.4 Å². The highest BCUT2D eigenvalue weighted by molar-refractivity contribution is 7.14. The van der Waals surface area contributed by atoms with Crippen LogP contribution in [0.25, 0.3) is 11.3 Å². The number of aromatic nitrogens is 1. The summed E-state index contributed by atoms with van der Waals surface area (Å²) < 4.78 is 33.4. The molecule has 2 aliphatic rings. The van der Waals surface area contributed by atoms with Gasteiger partial charge in [0.05, 0.1) is 12.3 Å². The Labute approximate surface area is 173 Å². The maximum atomic E-state index is 14.2. The van der Waals surface area contributed by atoms with E-state index in [1.807, 2.05) is 17.5 Å². The van der Waals surface area contributed by atoms with Crippen molar-refractivity contribution in [3.05, 3.63) is 64.0 Å². The lowest BCUT2D eigenvalue weighted by Crippen LogP contribution is -2.32. The van der Waals surface area contributed by atoms with Crippen LogP contribution in [0.1, 0.15) is 11.5 Å². The molecule has 9 heteroatoms. The van der Waals surface area contributed by atoms with Crippen molar-refractivity contribution in [3.63, 3.8) is 0 Å². The van der Waals surface area contributed by atoms with E-state index >= 15 is 0 Å². The van der Waals surface area contributed by atoms with E-state index in [-0.39, 0.29) is 35.8 Å². The van der Waals surface area contributed by atoms with Crippen LogP contribution in [0.5, 0.6) is 5.75 Å². The lowest BCUT2D eigenvalue weighted by Gasteiger charge is -2.16. The number of hydrogen-bond donors (Lipinski definition) is 2. The van der Waals surface area contributed by atoms with Crippen molar-refractivity contribution < 1.29 is 18.3 Å². The zero-order valence-corrected chi connectivity index (χ0v) is 16.4. The summed E-state index contributed by atoms with van der Waals surface area (Å²) in [6.07, 6.45) is 0. The minimum Gasteiger partial charge on any atom is -0.490 e. The maximum Gasteiger partial charge on any atom is 0.321 e. The van der Waals surface area contributed by atoms with Gasteiger partial charge in [0.1, 0.15) is 5.82 Å². The number of benzene rings is 2. The largest absolute Gasteiger partial charge is 0.490 e. The van der Waals surface area contributed by atoms with Crippen LogP contribution in [0.3, 0.4) is 0 Å². The topological polar surface area (TPSA) is 63.2 Å². The molecule has 0 bridgehead atoms. The van der Waals surface area contributed by atoms with Gasteiger partial charge in [-0.1, -0.05) is 23.7 Å². The number of nitrogens with zero attached hydrogens (tertiary/aromatic N) is 1. The fraction of sp³-hybridized carbons (Fsp3) is 0.200. The van der Waals surface area contributed by atoms with Crippen LogP contribution in [0.15, 0.2) is 41.8 Å². The standard InChI is InChI=1S/C20H14ClF2N3O2S/c21-10-3-1-9(2-4-10)14-8-29-20(24-14)26-19(27)25-17-11-7-28-18-13(23)6-5-12(22)16(18)15(11)17/h1-6,8,11,15,17H,7H2,(H2,24,25,26,27)/t11-,15+,17+/m0/s1. The molecule has 5 rings (SSSR count). The minimum absolute atomic E-state index is 0.0523. The van der Waals surface area contributed by atoms with Gasteiger partial charge >= 0.3 is 6.03 Å². The molecule has 2 aromatic carbocycles. The minimum atomic E-state index is -0.590. The quantitative estimate of drug-likeness (QED) is 0.608. The van der Waals surface area contributed by atoms with Crippen LogP contribution in [-0.2, 0) is 0 Å². The Hall–Kier alpha value is -2.71. The molecule has 148 valence electrons. The molecule has 3 aromatic rings. The van der Waals surface area contributed by atoms with Crippen LogP contribution in [0, 0.1) is 17.6 Å². The van der Waals surface area contributed by atoms with Gasteiger partial charge in [-0.15, -0.1) is 11.3 Å². The number of carbonyl (C=O) groups excluding carboxylic acids is 1. The van der Waals surface area contributed by atoms with Gasteiger partial charge in [0.15, 0.2) is 16.7 Å². The second-order valence-corrected chi connectivity index (χ2v) is 8.24. The second-order valence-electron chi connectivity index (χ2n) is 6.94. The van der Waals surface area contributed by atoms with Crippen LogP contribution in [0.4, 0.5) is 18.7 Å². The fourth-order valence-corrected chi connectivity index (χ4v) is 4.57. The number of fused-ring (bicyclic) bond motifs is 3. The molecule has 1 aliphatic carbocycles. The summed E-state index contributed by atoms with van der Waals surface area (Å²) in [4.78, 5) is 16.8. The van der Waals surface area contributed by atoms with Crippen LogP contribution >= 0.6 is 22.9 Å². The molecule has 2 heterocycles. The van der Waals surface area contributed by atoms with Gasteiger partial charge in [-0.3, -0.25) is 5.32 Å².